The summed E-state index contributed by atoms with van der Waals surface area (Å²) in [6.45, 7) is 0. The summed E-state index contributed by atoms with van der Waals surface area (Å²) in [7, 11) is -8.29. The Morgan fingerprint density at radius 1 is 0.929 bits per heavy atom. The highest BCUT2D eigenvalue weighted by Gasteiger charge is 2.46. The summed E-state index contributed by atoms with van der Waals surface area (Å²) in [4.78, 5) is -0.178. The van der Waals surface area contributed by atoms with Crippen LogP contribution >= 0.6 is 0 Å². The summed E-state index contributed by atoms with van der Waals surface area (Å²) >= 11 is 0. The van der Waals surface area contributed by atoms with Crippen molar-refractivity contribution >= 4 is 29.7 Å². The summed E-state index contributed by atoms with van der Waals surface area (Å²) in [5, 5.41) is 0. The van der Waals surface area contributed by atoms with Crippen LogP contribution in [0.3, 0.4) is 0 Å². The molecule has 2 saturated heterocycles. The highest BCUT2D eigenvalue weighted by Crippen LogP contribution is 2.36. The molecule has 2 atom stereocenters. The second kappa shape index (κ2) is 7.47. The lowest BCUT2D eigenvalue weighted by Gasteiger charge is -2.32. The molecule has 0 amide bonds. The normalized spacial score (nSPS) is 26.4. The first-order valence-corrected chi connectivity index (χ1v) is 13.7. The van der Waals surface area contributed by atoms with Crippen molar-refractivity contribution in [1.29, 1.82) is 0 Å². The largest absolute Gasteiger partial charge is 0.497 e. The zero-order valence-electron chi connectivity index (χ0n) is 15.6. The number of benzene rings is 1. The molecule has 0 unspecified atom stereocenters. The standard InChI is InChI=1S/C16H23NO8S3/c1-24-14-3-4-15(25-2)16(9-14)28(22,23)17(12-5-7-26(18,19)10-12)13-6-8-27(20,21)11-13/h3-4,9,12-13H,5-8,10-11H2,1-2H3/t12-,13-/m1/s1. The number of nitrogens with zero attached hydrogens (tertiary/aromatic N) is 1. The number of hydrogen-bond acceptors (Lipinski definition) is 8. The monoisotopic (exact) mass is 453 g/mol. The van der Waals surface area contributed by atoms with Crippen LogP contribution in [-0.2, 0) is 29.7 Å². The maximum Gasteiger partial charge on any atom is 0.247 e. The van der Waals surface area contributed by atoms with E-state index in [4.69, 9.17) is 9.47 Å². The summed E-state index contributed by atoms with van der Waals surface area (Å²) in [6, 6.07) is 2.66. The first-order valence-electron chi connectivity index (χ1n) is 8.65. The van der Waals surface area contributed by atoms with Crippen LogP contribution in [0, 0.1) is 0 Å². The van der Waals surface area contributed by atoms with Gasteiger partial charge in [-0.25, -0.2) is 25.3 Å². The van der Waals surface area contributed by atoms with Crippen molar-refractivity contribution in [3.8, 4) is 11.5 Å². The van der Waals surface area contributed by atoms with E-state index in [0.29, 0.717) is 0 Å². The molecule has 2 aliphatic heterocycles. The van der Waals surface area contributed by atoms with Crippen LogP contribution in [0.4, 0.5) is 0 Å². The van der Waals surface area contributed by atoms with Crippen LogP contribution in [0.2, 0.25) is 0 Å². The first-order chi connectivity index (χ1) is 13.0. The molecule has 0 aromatic heterocycles. The molecule has 0 N–H and O–H groups in total. The number of rotatable bonds is 6. The quantitative estimate of drug-likeness (QED) is 0.593. The third kappa shape index (κ3) is 4.14. The van der Waals surface area contributed by atoms with Gasteiger partial charge in [-0.2, -0.15) is 4.31 Å². The molecule has 0 spiro atoms. The number of ether oxygens (including phenoxy) is 2. The molecule has 0 bridgehead atoms. The molecule has 1 aromatic rings. The van der Waals surface area contributed by atoms with Crippen LogP contribution in [0.25, 0.3) is 0 Å². The third-order valence-electron chi connectivity index (χ3n) is 5.06. The zero-order valence-corrected chi connectivity index (χ0v) is 18.0. The minimum atomic E-state index is -4.24. The third-order valence-corrected chi connectivity index (χ3v) is 10.6. The first kappa shape index (κ1) is 21.3. The lowest BCUT2D eigenvalue weighted by molar-refractivity contribution is 0.278. The number of hydrogen-bond donors (Lipinski definition) is 0. The minimum Gasteiger partial charge on any atom is -0.497 e. The maximum absolute atomic E-state index is 13.6. The number of methoxy groups -OCH3 is 2. The van der Waals surface area contributed by atoms with Crippen molar-refractivity contribution in [2.45, 2.75) is 29.8 Å². The van der Waals surface area contributed by atoms with Crippen LogP contribution < -0.4 is 9.47 Å². The van der Waals surface area contributed by atoms with E-state index in [1.165, 1.54) is 26.4 Å². The van der Waals surface area contributed by atoms with Gasteiger partial charge in [-0.15, -0.1) is 0 Å². The molecule has 158 valence electrons. The molecule has 3 rings (SSSR count). The van der Waals surface area contributed by atoms with E-state index in [1.807, 2.05) is 0 Å². The molecular formula is C16H23NO8S3. The molecule has 2 fully saturated rings. The van der Waals surface area contributed by atoms with Gasteiger partial charge >= 0.3 is 0 Å². The highest BCUT2D eigenvalue weighted by atomic mass is 32.2. The van der Waals surface area contributed by atoms with Crippen LogP contribution in [-0.4, -0.2) is 78.9 Å². The Morgan fingerprint density at radius 3 is 1.86 bits per heavy atom. The SMILES string of the molecule is COc1ccc(OC)c(S(=O)(=O)N([C@@H]2CCS(=O)(=O)C2)[C@@H]2CCS(=O)(=O)C2)c1. The van der Waals surface area contributed by atoms with E-state index in [9.17, 15) is 25.3 Å². The lowest BCUT2D eigenvalue weighted by Crippen LogP contribution is -2.48. The van der Waals surface area contributed by atoms with E-state index in [2.05, 4.69) is 0 Å². The molecule has 0 aliphatic carbocycles. The van der Waals surface area contributed by atoms with Gasteiger partial charge in [0.05, 0.1) is 37.2 Å². The van der Waals surface area contributed by atoms with Crippen molar-refractivity contribution in [2.24, 2.45) is 0 Å². The van der Waals surface area contributed by atoms with Gasteiger partial charge < -0.3 is 9.47 Å². The van der Waals surface area contributed by atoms with Crippen LogP contribution in [0.1, 0.15) is 12.8 Å². The van der Waals surface area contributed by atoms with Gasteiger partial charge in [0.15, 0.2) is 19.7 Å². The predicted molar refractivity (Wildman–Crippen MR) is 103 cm³/mol. The summed E-state index contributed by atoms with van der Waals surface area (Å²) in [5.74, 6) is -0.536. The van der Waals surface area contributed by atoms with Gasteiger partial charge in [0, 0.05) is 18.2 Å². The molecular weight excluding hydrogens is 430 g/mol. The second-order valence-electron chi connectivity index (χ2n) is 6.97. The van der Waals surface area contributed by atoms with E-state index in [0.717, 1.165) is 4.31 Å². The predicted octanol–water partition coefficient (Wildman–Crippen LogP) is 0.0687. The smallest absolute Gasteiger partial charge is 0.247 e. The van der Waals surface area contributed by atoms with Gasteiger partial charge in [0.1, 0.15) is 16.4 Å². The van der Waals surface area contributed by atoms with Gasteiger partial charge in [-0.3, -0.25) is 0 Å². The Kier molecular flexibility index (Phi) is 5.69. The topological polar surface area (TPSA) is 124 Å². The van der Waals surface area contributed by atoms with Gasteiger partial charge in [0.2, 0.25) is 10.0 Å². The van der Waals surface area contributed by atoms with Crippen LogP contribution in [0.15, 0.2) is 23.1 Å². The Labute approximate surface area is 165 Å². The molecule has 1 aromatic carbocycles. The number of sulfonamides is 1. The Balaban J connectivity index is 2.12. The van der Waals surface area contributed by atoms with Gasteiger partial charge in [-0.05, 0) is 25.0 Å². The highest BCUT2D eigenvalue weighted by molar-refractivity contribution is 7.92. The van der Waals surface area contributed by atoms with Gasteiger partial charge in [-0.1, -0.05) is 0 Å². The van der Waals surface area contributed by atoms with E-state index >= 15 is 0 Å². The fourth-order valence-electron chi connectivity index (χ4n) is 3.74. The molecule has 2 aliphatic rings. The molecule has 12 heteroatoms. The van der Waals surface area contributed by atoms with Crippen molar-refractivity contribution in [3.63, 3.8) is 0 Å². The zero-order chi connectivity index (χ0) is 20.7. The van der Waals surface area contributed by atoms with E-state index in [-0.39, 0.29) is 52.2 Å². The molecule has 0 saturated carbocycles. The Bertz CT molecular complexity index is 1020. The minimum absolute atomic E-state index is 0.0764. The van der Waals surface area contributed by atoms with Crippen molar-refractivity contribution < 1.29 is 34.7 Å². The summed E-state index contributed by atoms with van der Waals surface area (Å²) < 4.78 is 86.5. The Hall–Kier alpha value is -1.37. The average Bonchev–Trinajstić information content (AvgIpc) is 3.15. The number of sulfone groups is 2. The molecule has 9 nitrogen and oxygen atoms in total. The van der Waals surface area contributed by atoms with Crippen molar-refractivity contribution in [3.05, 3.63) is 18.2 Å². The van der Waals surface area contributed by atoms with Crippen molar-refractivity contribution in [1.82, 2.24) is 4.31 Å². The fourth-order valence-corrected chi connectivity index (χ4v) is 9.40. The van der Waals surface area contributed by atoms with Crippen LogP contribution in [0.5, 0.6) is 11.5 Å². The fraction of sp³-hybridized carbons (Fsp3) is 0.625. The molecule has 28 heavy (non-hydrogen) atoms. The lowest BCUT2D eigenvalue weighted by atomic mass is 10.2. The van der Waals surface area contributed by atoms with E-state index < -0.39 is 41.8 Å². The van der Waals surface area contributed by atoms with Crippen molar-refractivity contribution in [2.75, 3.05) is 37.2 Å². The second-order valence-corrected chi connectivity index (χ2v) is 13.2. The average molecular weight is 454 g/mol. The van der Waals surface area contributed by atoms with E-state index in [1.54, 1.807) is 6.07 Å². The Morgan fingerprint density at radius 2 is 1.46 bits per heavy atom. The molecule has 2 heterocycles. The van der Waals surface area contributed by atoms with Gasteiger partial charge in [0.25, 0.3) is 0 Å². The summed E-state index contributed by atoms with van der Waals surface area (Å²) in [5.41, 5.74) is 0. The maximum atomic E-state index is 13.6. The molecule has 0 radical (unpaired) electrons. The summed E-state index contributed by atoms with van der Waals surface area (Å²) in [6.07, 6.45) is 0.259.